The van der Waals surface area contributed by atoms with Crippen LogP contribution >= 0.6 is 11.3 Å². The zero-order chi connectivity index (χ0) is 15.7. The standard InChI is InChI=1S/C19H15NO2S/c21-18-19(13-15-9-6-12-23-15,22-14-7-2-1-3-8-14)16-10-4-5-11-17(16)20-18/h1-12H,13H2,(H,20,21)/t19-/m1/s1. The molecule has 0 bridgehead atoms. The van der Waals surface area contributed by atoms with Gasteiger partial charge in [-0.3, -0.25) is 4.79 Å². The summed E-state index contributed by atoms with van der Waals surface area (Å²) in [7, 11) is 0. The number of nitrogens with one attached hydrogen (secondary N) is 1. The Balaban J connectivity index is 1.82. The molecule has 0 unspecified atom stereocenters. The van der Waals surface area contributed by atoms with E-state index in [1.54, 1.807) is 11.3 Å². The lowest BCUT2D eigenvalue weighted by atomic mass is 9.90. The molecule has 0 saturated heterocycles. The van der Waals surface area contributed by atoms with Crippen LogP contribution in [0, 0.1) is 0 Å². The topological polar surface area (TPSA) is 38.3 Å². The number of benzene rings is 2. The third-order valence-corrected chi connectivity index (χ3v) is 4.89. The Bertz CT molecular complexity index is 830. The predicted molar refractivity (Wildman–Crippen MR) is 91.8 cm³/mol. The minimum absolute atomic E-state index is 0.115. The van der Waals surface area contributed by atoms with Gasteiger partial charge in [0.2, 0.25) is 5.60 Å². The summed E-state index contributed by atoms with van der Waals surface area (Å²) in [6.45, 7) is 0. The third-order valence-electron chi connectivity index (χ3n) is 4.02. The summed E-state index contributed by atoms with van der Waals surface area (Å²) in [5.41, 5.74) is 0.690. The maximum atomic E-state index is 12.9. The highest BCUT2D eigenvalue weighted by atomic mass is 32.1. The Morgan fingerprint density at radius 3 is 2.52 bits per heavy atom. The Labute approximate surface area is 138 Å². The van der Waals surface area contributed by atoms with Gasteiger partial charge in [-0.25, -0.2) is 0 Å². The lowest BCUT2D eigenvalue weighted by Crippen LogP contribution is -2.42. The maximum absolute atomic E-state index is 12.9. The average Bonchev–Trinajstić information content (AvgIpc) is 3.17. The smallest absolute Gasteiger partial charge is 0.273 e. The first-order valence-electron chi connectivity index (χ1n) is 7.45. The average molecular weight is 321 g/mol. The molecule has 3 aromatic rings. The van der Waals surface area contributed by atoms with Gasteiger partial charge in [-0.2, -0.15) is 0 Å². The molecule has 1 atom stereocenters. The van der Waals surface area contributed by atoms with Crippen molar-refractivity contribution in [1.29, 1.82) is 0 Å². The summed E-state index contributed by atoms with van der Waals surface area (Å²) >= 11 is 1.64. The van der Waals surface area contributed by atoms with Crippen LogP contribution in [0.15, 0.2) is 72.1 Å². The number of carbonyl (C=O) groups is 1. The quantitative estimate of drug-likeness (QED) is 0.781. The summed E-state index contributed by atoms with van der Waals surface area (Å²) in [6.07, 6.45) is 0.516. The Kier molecular flexibility index (Phi) is 3.39. The summed E-state index contributed by atoms with van der Waals surface area (Å²) in [6, 6.07) is 21.3. The molecule has 1 N–H and O–H groups in total. The van der Waals surface area contributed by atoms with Crippen LogP contribution in [-0.4, -0.2) is 5.91 Å². The second-order valence-corrected chi connectivity index (χ2v) is 6.53. The highest BCUT2D eigenvalue weighted by Gasteiger charge is 2.49. The molecule has 3 nitrogen and oxygen atoms in total. The van der Waals surface area contributed by atoms with E-state index in [1.807, 2.05) is 72.1 Å². The van der Waals surface area contributed by atoms with Gasteiger partial charge in [0.1, 0.15) is 5.75 Å². The molecule has 0 saturated carbocycles. The number of thiophene rings is 1. The predicted octanol–water partition coefficient (Wildman–Crippen LogP) is 4.22. The fourth-order valence-corrected chi connectivity index (χ4v) is 3.73. The summed E-state index contributed by atoms with van der Waals surface area (Å²) in [5, 5.41) is 4.98. The first kappa shape index (κ1) is 14.0. The van der Waals surface area contributed by atoms with Gasteiger partial charge in [-0.05, 0) is 29.6 Å². The van der Waals surface area contributed by atoms with Crippen molar-refractivity contribution in [2.45, 2.75) is 12.0 Å². The van der Waals surface area contributed by atoms with E-state index in [4.69, 9.17) is 4.74 Å². The number of hydrogen-bond acceptors (Lipinski definition) is 3. The van der Waals surface area contributed by atoms with Crippen molar-refractivity contribution in [2.24, 2.45) is 0 Å². The second kappa shape index (κ2) is 5.56. The van der Waals surface area contributed by atoms with Gasteiger partial charge < -0.3 is 10.1 Å². The number of amides is 1. The molecule has 0 radical (unpaired) electrons. The summed E-state index contributed by atoms with van der Waals surface area (Å²) in [4.78, 5) is 14.0. The first-order valence-corrected chi connectivity index (χ1v) is 8.33. The highest BCUT2D eigenvalue weighted by molar-refractivity contribution is 7.09. The third kappa shape index (κ3) is 2.41. The van der Waals surface area contributed by atoms with Crippen molar-refractivity contribution in [2.75, 3.05) is 5.32 Å². The number of para-hydroxylation sites is 2. The molecule has 23 heavy (non-hydrogen) atoms. The number of hydrogen-bond donors (Lipinski definition) is 1. The molecule has 1 aliphatic rings. The Morgan fingerprint density at radius 2 is 1.74 bits per heavy atom. The fraction of sp³-hybridized carbons (Fsp3) is 0.105. The lowest BCUT2D eigenvalue weighted by molar-refractivity contribution is -0.130. The number of anilines is 1. The van der Waals surface area contributed by atoms with E-state index in [0.717, 1.165) is 16.1 Å². The van der Waals surface area contributed by atoms with Crippen molar-refractivity contribution in [3.63, 3.8) is 0 Å². The molecule has 4 rings (SSSR count). The largest absolute Gasteiger partial charge is 0.472 e. The molecule has 114 valence electrons. The van der Waals surface area contributed by atoms with Crippen LogP contribution in [0.5, 0.6) is 5.75 Å². The minimum atomic E-state index is -1.02. The summed E-state index contributed by atoms with van der Waals surface area (Å²) < 4.78 is 6.27. The van der Waals surface area contributed by atoms with E-state index in [2.05, 4.69) is 5.32 Å². The zero-order valence-electron chi connectivity index (χ0n) is 12.4. The van der Waals surface area contributed by atoms with Crippen molar-refractivity contribution in [1.82, 2.24) is 0 Å². The fourth-order valence-electron chi connectivity index (χ4n) is 2.95. The van der Waals surface area contributed by atoms with Crippen LogP contribution in [0.1, 0.15) is 10.4 Å². The lowest BCUT2D eigenvalue weighted by Gasteiger charge is -2.28. The van der Waals surface area contributed by atoms with E-state index in [1.165, 1.54) is 0 Å². The molecule has 1 aromatic heterocycles. The molecule has 4 heteroatoms. The SMILES string of the molecule is O=C1Nc2ccccc2[C@@]1(Cc1cccs1)Oc1ccccc1. The molecule has 1 amide bonds. The molecular weight excluding hydrogens is 306 g/mol. The molecule has 0 spiro atoms. The van der Waals surface area contributed by atoms with Gasteiger partial charge in [0.05, 0.1) is 0 Å². The minimum Gasteiger partial charge on any atom is -0.472 e. The van der Waals surface area contributed by atoms with E-state index in [0.29, 0.717) is 12.2 Å². The van der Waals surface area contributed by atoms with Gasteiger partial charge in [-0.15, -0.1) is 11.3 Å². The van der Waals surface area contributed by atoms with Crippen LogP contribution in [-0.2, 0) is 16.8 Å². The van der Waals surface area contributed by atoms with Crippen LogP contribution < -0.4 is 10.1 Å². The Hall–Kier alpha value is -2.59. The van der Waals surface area contributed by atoms with Gasteiger partial charge in [-0.1, -0.05) is 42.5 Å². The van der Waals surface area contributed by atoms with Gasteiger partial charge in [0.15, 0.2) is 0 Å². The van der Waals surface area contributed by atoms with Crippen LogP contribution in [0.2, 0.25) is 0 Å². The van der Waals surface area contributed by atoms with Gasteiger partial charge >= 0.3 is 0 Å². The van der Waals surface area contributed by atoms with Crippen molar-refractivity contribution in [3.8, 4) is 5.75 Å². The monoisotopic (exact) mass is 321 g/mol. The Morgan fingerprint density at radius 1 is 0.957 bits per heavy atom. The zero-order valence-corrected chi connectivity index (χ0v) is 13.2. The molecular formula is C19H15NO2S. The van der Waals surface area contributed by atoms with Gasteiger partial charge in [0, 0.05) is 22.5 Å². The maximum Gasteiger partial charge on any atom is 0.273 e. The van der Waals surface area contributed by atoms with E-state index in [9.17, 15) is 4.79 Å². The molecule has 0 fully saturated rings. The molecule has 2 heterocycles. The van der Waals surface area contributed by atoms with Crippen molar-refractivity contribution < 1.29 is 9.53 Å². The van der Waals surface area contributed by atoms with Crippen LogP contribution in [0.3, 0.4) is 0 Å². The molecule has 0 aliphatic carbocycles. The first-order chi connectivity index (χ1) is 11.3. The van der Waals surface area contributed by atoms with Gasteiger partial charge in [0.25, 0.3) is 5.91 Å². The molecule has 1 aliphatic heterocycles. The number of carbonyl (C=O) groups excluding carboxylic acids is 1. The van der Waals surface area contributed by atoms with Crippen LogP contribution in [0.4, 0.5) is 5.69 Å². The second-order valence-electron chi connectivity index (χ2n) is 5.50. The number of fused-ring (bicyclic) bond motifs is 1. The number of ether oxygens (including phenoxy) is 1. The summed E-state index contributed by atoms with van der Waals surface area (Å²) in [5.74, 6) is 0.576. The highest BCUT2D eigenvalue weighted by Crippen LogP contribution is 2.42. The van der Waals surface area contributed by atoms with Crippen LogP contribution in [0.25, 0.3) is 0 Å². The van der Waals surface area contributed by atoms with E-state index < -0.39 is 5.60 Å². The molecule has 2 aromatic carbocycles. The van der Waals surface area contributed by atoms with E-state index in [-0.39, 0.29) is 5.91 Å². The van der Waals surface area contributed by atoms with Crippen molar-refractivity contribution in [3.05, 3.63) is 82.6 Å². The van der Waals surface area contributed by atoms with E-state index >= 15 is 0 Å². The normalized spacial score (nSPS) is 19.2. The van der Waals surface area contributed by atoms with Crippen molar-refractivity contribution >= 4 is 22.9 Å². The number of rotatable bonds is 4.